The molecule has 2 N–H and O–H groups in total. The molecule has 0 bridgehead atoms. The molecule has 2 aromatic rings. The first-order chi connectivity index (χ1) is 7.75. The minimum atomic E-state index is 0.543. The molecule has 0 saturated carbocycles. The summed E-state index contributed by atoms with van der Waals surface area (Å²) in [7, 11) is 0. The van der Waals surface area contributed by atoms with Gasteiger partial charge in [0, 0.05) is 12.5 Å². The van der Waals surface area contributed by atoms with Crippen LogP contribution in [0, 0.1) is 0 Å². The van der Waals surface area contributed by atoms with E-state index >= 15 is 0 Å². The zero-order valence-corrected chi connectivity index (χ0v) is 9.70. The van der Waals surface area contributed by atoms with Gasteiger partial charge in [-0.1, -0.05) is 13.8 Å². The second-order valence-electron chi connectivity index (χ2n) is 4.16. The molecule has 0 atom stereocenters. The minimum Gasteiger partial charge on any atom is -0.339 e. The van der Waals surface area contributed by atoms with Crippen molar-refractivity contribution >= 4 is 11.2 Å². The van der Waals surface area contributed by atoms with E-state index in [9.17, 15) is 0 Å². The van der Waals surface area contributed by atoms with Crippen LogP contribution in [0.2, 0.25) is 0 Å². The molecule has 2 heterocycles. The Kier molecular flexibility index (Phi) is 3.46. The predicted molar refractivity (Wildman–Crippen MR) is 63.1 cm³/mol. The molecule has 0 aliphatic rings. The molecule has 5 heteroatoms. The average molecular weight is 219 g/mol. The normalized spacial score (nSPS) is 11.4. The summed E-state index contributed by atoms with van der Waals surface area (Å²) < 4.78 is 0. The third-order valence-corrected chi connectivity index (χ3v) is 2.35. The van der Waals surface area contributed by atoms with Crippen molar-refractivity contribution in [2.75, 3.05) is 6.54 Å². The summed E-state index contributed by atoms with van der Waals surface area (Å²) in [5, 5.41) is 3.38. The van der Waals surface area contributed by atoms with Gasteiger partial charge in [0.15, 0.2) is 5.65 Å². The Morgan fingerprint density at radius 1 is 1.44 bits per heavy atom. The summed E-state index contributed by atoms with van der Waals surface area (Å²) in [5.74, 6) is 0.987. The molecule has 86 valence electrons. The molecule has 5 nitrogen and oxygen atoms in total. The number of fused-ring (bicyclic) bond motifs is 1. The van der Waals surface area contributed by atoms with Crippen LogP contribution in [0.5, 0.6) is 0 Å². The highest BCUT2D eigenvalue weighted by Crippen LogP contribution is 2.07. The van der Waals surface area contributed by atoms with Crippen LogP contribution in [0.4, 0.5) is 0 Å². The highest BCUT2D eigenvalue weighted by molar-refractivity contribution is 5.68. The van der Waals surface area contributed by atoms with Crippen molar-refractivity contribution in [1.82, 2.24) is 25.3 Å². The number of rotatable bonds is 5. The van der Waals surface area contributed by atoms with Crippen molar-refractivity contribution in [3.05, 3.63) is 18.3 Å². The van der Waals surface area contributed by atoms with Crippen molar-refractivity contribution in [2.24, 2.45) is 0 Å². The van der Waals surface area contributed by atoms with E-state index in [1.54, 1.807) is 6.20 Å². The van der Waals surface area contributed by atoms with Gasteiger partial charge >= 0.3 is 0 Å². The van der Waals surface area contributed by atoms with Crippen LogP contribution in [0.3, 0.4) is 0 Å². The lowest BCUT2D eigenvalue weighted by atomic mass is 10.3. The van der Waals surface area contributed by atoms with Crippen molar-refractivity contribution in [2.45, 2.75) is 32.7 Å². The van der Waals surface area contributed by atoms with Crippen LogP contribution in [0.15, 0.2) is 12.5 Å². The van der Waals surface area contributed by atoms with Crippen LogP contribution < -0.4 is 5.32 Å². The second kappa shape index (κ2) is 5.03. The third-order valence-electron chi connectivity index (χ3n) is 2.35. The smallest absolute Gasteiger partial charge is 0.180 e. The monoisotopic (exact) mass is 219 g/mol. The maximum atomic E-state index is 4.39. The lowest BCUT2D eigenvalue weighted by Gasteiger charge is -2.06. The molecule has 0 unspecified atom stereocenters. The summed E-state index contributed by atoms with van der Waals surface area (Å²) >= 11 is 0. The number of nitrogens with zero attached hydrogens (tertiary/aromatic N) is 3. The number of aromatic nitrogens is 4. The van der Waals surface area contributed by atoms with Gasteiger partial charge in [-0.3, -0.25) is 0 Å². The standard InChI is InChI=1S/C11H17N5/c1-8(2)13-5-3-4-10-15-9-6-12-7-14-11(9)16-10/h6-8,13H,3-5H2,1-2H3,(H,12,14,15,16). The first kappa shape index (κ1) is 11.0. The highest BCUT2D eigenvalue weighted by Gasteiger charge is 2.02. The number of nitrogens with one attached hydrogen (secondary N) is 2. The van der Waals surface area contributed by atoms with Gasteiger partial charge in [-0.05, 0) is 13.0 Å². The average Bonchev–Trinajstić information content (AvgIpc) is 2.66. The summed E-state index contributed by atoms with van der Waals surface area (Å²) in [6.07, 6.45) is 5.29. The van der Waals surface area contributed by atoms with Crippen molar-refractivity contribution in [3.8, 4) is 0 Å². The second-order valence-corrected chi connectivity index (χ2v) is 4.16. The number of hydrogen-bond acceptors (Lipinski definition) is 4. The van der Waals surface area contributed by atoms with E-state index in [1.807, 2.05) is 0 Å². The zero-order valence-electron chi connectivity index (χ0n) is 9.70. The Morgan fingerprint density at radius 3 is 3.06 bits per heavy atom. The fourth-order valence-corrected chi connectivity index (χ4v) is 1.58. The topological polar surface area (TPSA) is 66.5 Å². The molecule has 2 rings (SSSR count). The molecular weight excluding hydrogens is 202 g/mol. The fraction of sp³-hybridized carbons (Fsp3) is 0.545. The van der Waals surface area contributed by atoms with Crippen LogP contribution in [0.25, 0.3) is 11.2 Å². The van der Waals surface area contributed by atoms with Gasteiger partial charge in [0.2, 0.25) is 0 Å². The Bertz CT molecular complexity index is 415. The first-order valence-electron chi connectivity index (χ1n) is 5.63. The number of hydrogen-bond donors (Lipinski definition) is 2. The van der Waals surface area contributed by atoms with Crippen LogP contribution in [-0.2, 0) is 6.42 Å². The molecule has 0 aliphatic carbocycles. The Balaban J connectivity index is 1.89. The van der Waals surface area contributed by atoms with E-state index in [0.717, 1.165) is 36.4 Å². The van der Waals surface area contributed by atoms with Gasteiger partial charge in [-0.25, -0.2) is 15.0 Å². The molecule has 0 saturated heterocycles. The largest absolute Gasteiger partial charge is 0.339 e. The zero-order chi connectivity index (χ0) is 11.4. The van der Waals surface area contributed by atoms with E-state index in [-0.39, 0.29) is 0 Å². The van der Waals surface area contributed by atoms with Gasteiger partial charge in [0.05, 0.1) is 6.20 Å². The molecule has 0 aromatic carbocycles. The first-order valence-corrected chi connectivity index (χ1v) is 5.63. The van der Waals surface area contributed by atoms with E-state index in [0.29, 0.717) is 6.04 Å². The fourth-order valence-electron chi connectivity index (χ4n) is 1.58. The molecular formula is C11H17N5. The van der Waals surface area contributed by atoms with Gasteiger partial charge < -0.3 is 10.3 Å². The maximum absolute atomic E-state index is 4.39. The predicted octanol–water partition coefficient (Wildman–Crippen LogP) is 1.28. The van der Waals surface area contributed by atoms with Gasteiger partial charge in [0.1, 0.15) is 17.7 Å². The van der Waals surface area contributed by atoms with Gasteiger partial charge in [-0.15, -0.1) is 0 Å². The van der Waals surface area contributed by atoms with Gasteiger partial charge in [-0.2, -0.15) is 0 Å². The Hall–Kier alpha value is -1.49. The third kappa shape index (κ3) is 2.76. The molecule has 0 spiro atoms. The Labute approximate surface area is 94.7 Å². The highest BCUT2D eigenvalue weighted by atomic mass is 15.0. The van der Waals surface area contributed by atoms with Crippen LogP contribution in [0.1, 0.15) is 26.1 Å². The van der Waals surface area contributed by atoms with Crippen molar-refractivity contribution < 1.29 is 0 Å². The minimum absolute atomic E-state index is 0.543. The van der Waals surface area contributed by atoms with E-state index < -0.39 is 0 Å². The molecule has 0 fully saturated rings. The Morgan fingerprint density at radius 2 is 2.31 bits per heavy atom. The summed E-state index contributed by atoms with van der Waals surface area (Å²) in [4.78, 5) is 15.7. The quantitative estimate of drug-likeness (QED) is 0.743. The summed E-state index contributed by atoms with van der Waals surface area (Å²) in [6.45, 7) is 5.31. The van der Waals surface area contributed by atoms with E-state index in [2.05, 4.69) is 39.1 Å². The maximum Gasteiger partial charge on any atom is 0.180 e. The van der Waals surface area contributed by atoms with Gasteiger partial charge in [0.25, 0.3) is 0 Å². The summed E-state index contributed by atoms with van der Waals surface area (Å²) in [5.41, 5.74) is 1.66. The van der Waals surface area contributed by atoms with Crippen LogP contribution >= 0.6 is 0 Å². The SMILES string of the molecule is CC(C)NCCCc1nc2ncncc2[nH]1. The molecule has 0 amide bonds. The number of imidazole rings is 1. The number of aromatic amines is 1. The van der Waals surface area contributed by atoms with E-state index in [1.165, 1.54) is 6.33 Å². The van der Waals surface area contributed by atoms with E-state index in [4.69, 9.17) is 0 Å². The lowest BCUT2D eigenvalue weighted by Crippen LogP contribution is -2.24. The summed E-state index contributed by atoms with van der Waals surface area (Å²) in [6, 6.07) is 0.543. The molecule has 0 aliphatic heterocycles. The number of H-pyrrole nitrogens is 1. The van der Waals surface area contributed by atoms with Crippen LogP contribution in [-0.4, -0.2) is 32.5 Å². The van der Waals surface area contributed by atoms with Crippen molar-refractivity contribution in [1.29, 1.82) is 0 Å². The lowest BCUT2D eigenvalue weighted by molar-refractivity contribution is 0.567. The molecule has 2 aromatic heterocycles. The molecule has 16 heavy (non-hydrogen) atoms. The number of aryl methyl sites for hydroxylation is 1. The van der Waals surface area contributed by atoms with Crippen molar-refractivity contribution in [3.63, 3.8) is 0 Å². The molecule has 0 radical (unpaired) electrons.